The van der Waals surface area contributed by atoms with Crippen molar-refractivity contribution in [2.75, 3.05) is 33.0 Å². The number of benzene rings is 2. The maximum absolute atomic E-state index is 12.4. The Bertz CT molecular complexity index is 930. The number of likely N-dealkylation sites (tertiary alicyclic amines) is 1. The molecule has 6 heteroatoms. The normalized spacial score (nSPS) is 18.9. The van der Waals surface area contributed by atoms with Crippen molar-refractivity contribution >= 4 is 11.8 Å². The van der Waals surface area contributed by atoms with Gasteiger partial charge < -0.3 is 14.4 Å². The van der Waals surface area contributed by atoms with E-state index in [1.165, 1.54) is 10.5 Å². The van der Waals surface area contributed by atoms with Gasteiger partial charge in [-0.1, -0.05) is 18.2 Å². The highest BCUT2D eigenvalue weighted by Gasteiger charge is 2.34. The third-order valence-corrected chi connectivity index (χ3v) is 6.44. The molecule has 1 fully saturated rings. The summed E-state index contributed by atoms with van der Waals surface area (Å²) < 4.78 is 10.9. The molecule has 1 saturated heterocycles. The maximum Gasteiger partial charge on any atom is 0.261 e. The van der Waals surface area contributed by atoms with Crippen molar-refractivity contribution < 1.29 is 19.1 Å². The molecular formula is C24H26N2O4. The van der Waals surface area contributed by atoms with E-state index in [1.807, 2.05) is 6.07 Å². The number of fused-ring (bicyclic) bond motifs is 2. The van der Waals surface area contributed by atoms with Crippen LogP contribution >= 0.6 is 0 Å². The maximum atomic E-state index is 12.4. The number of ether oxygens (including phenoxy) is 2. The van der Waals surface area contributed by atoms with Crippen LogP contribution in [0.1, 0.15) is 57.9 Å². The van der Waals surface area contributed by atoms with Gasteiger partial charge in [0.2, 0.25) is 6.79 Å². The molecule has 0 radical (unpaired) electrons. The smallest absolute Gasteiger partial charge is 0.261 e. The minimum atomic E-state index is -0.153. The van der Waals surface area contributed by atoms with Crippen LogP contribution in [0.15, 0.2) is 42.5 Å². The zero-order valence-corrected chi connectivity index (χ0v) is 17.0. The standard InChI is InChI=1S/C24H26N2O4/c27-23-19-5-1-2-6-20(19)24(28)26(23)12-4-3-11-25-13-9-17(10-14-25)18-7-8-21-22(15-18)30-16-29-21/h1-2,5-8,15,17H,3-4,9-14,16H2. The molecule has 6 nitrogen and oxygen atoms in total. The largest absolute Gasteiger partial charge is 0.454 e. The van der Waals surface area contributed by atoms with E-state index in [0.29, 0.717) is 30.4 Å². The van der Waals surface area contributed by atoms with Gasteiger partial charge in [-0.05, 0) is 81.1 Å². The Morgan fingerprint density at radius 3 is 2.23 bits per heavy atom. The third-order valence-electron chi connectivity index (χ3n) is 6.44. The van der Waals surface area contributed by atoms with Crippen molar-refractivity contribution in [1.82, 2.24) is 9.80 Å². The lowest BCUT2D eigenvalue weighted by molar-refractivity contribution is 0.0649. The first kappa shape index (κ1) is 19.1. The Balaban J connectivity index is 1.06. The van der Waals surface area contributed by atoms with E-state index in [4.69, 9.17) is 9.47 Å². The lowest BCUT2D eigenvalue weighted by Gasteiger charge is -2.32. The molecule has 0 atom stereocenters. The lowest BCUT2D eigenvalue weighted by Crippen LogP contribution is -2.35. The fraction of sp³-hybridized carbons (Fsp3) is 0.417. The zero-order chi connectivity index (χ0) is 20.5. The van der Waals surface area contributed by atoms with E-state index in [-0.39, 0.29) is 11.8 Å². The van der Waals surface area contributed by atoms with Crippen molar-refractivity contribution in [2.45, 2.75) is 31.6 Å². The quantitative estimate of drug-likeness (QED) is 0.541. The Labute approximate surface area is 176 Å². The topological polar surface area (TPSA) is 59.1 Å². The summed E-state index contributed by atoms with van der Waals surface area (Å²) in [5.74, 6) is 1.96. The molecule has 30 heavy (non-hydrogen) atoms. The SMILES string of the molecule is O=C1c2ccccc2C(=O)N1CCCCN1CCC(c2ccc3c(c2)OCO3)CC1. The molecule has 0 saturated carbocycles. The minimum absolute atomic E-state index is 0.153. The fourth-order valence-electron chi connectivity index (χ4n) is 4.70. The molecule has 2 aromatic rings. The number of hydrogen-bond acceptors (Lipinski definition) is 5. The summed E-state index contributed by atoms with van der Waals surface area (Å²) in [5, 5.41) is 0. The van der Waals surface area contributed by atoms with Gasteiger partial charge >= 0.3 is 0 Å². The number of rotatable bonds is 6. The van der Waals surface area contributed by atoms with Gasteiger partial charge in [0.05, 0.1) is 11.1 Å². The molecule has 3 aliphatic heterocycles. The number of amides is 2. The van der Waals surface area contributed by atoms with Crippen LogP contribution in [0.25, 0.3) is 0 Å². The molecule has 0 aromatic heterocycles. The Kier molecular flexibility index (Phi) is 5.17. The van der Waals surface area contributed by atoms with Crippen molar-refractivity contribution in [2.24, 2.45) is 0 Å². The lowest BCUT2D eigenvalue weighted by atomic mass is 9.89. The van der Waals surface area contributed by atoms with Gasteiger partial charge in [-0.25, -0.2) is 0 Å². The number of unbranched alkanes of at least 4 members (excludes halogenated alkanes) is 1. The average molecular weight is 406 g/mol. The van der Waals surface area contributed by atoms with E-state index in [1.54, 1.807) is 24.3 Å². The molecule has 5 rings (SSSR count). The summed E-state index contributed by atoms with van der Waals surface area (Å²) in [6.07, 6.45) is 4.10. The third kappa shape index (κ3) is 3.56. The van der Waals surface area contributed by atoms with Crippen molar-refractivity contribution in [3.8, 4) is 11.5 Å². The number of piperidine rings is 1. The molecule has 3 heterocycles. The van der Waals surface area contributed by atoms with Crippen LogP contribution in [0.2, 0.25) is 0 Å². The van der Waals surface area contributed by atoms with Gasteiger partial charge in [0.1, 0.15) is 0 Å². The van der Waals surface area contributed by atoms with Crippen LogP contribution in [0, 0.1) is 0 Å². The molecule has 0 unspecified atom stereocenters. The van der Waals surface area contributed by atoms with E-state index in [2.05, 4.69) is 17.0 Å². The fourth-order valence-corrected chi connectivity index (χ4v) is 4.70. The number of nitrogens with zero attached hydrogens (tertiary/aromatic N) is 2. The molecular weight excluding hydrogens is 380 g/mol. The summed E-state index contributed by atoms with van der Waals surface area (Å²) in [4.78, 5) is 28.7. The minimum Gasteiger partial charge on any atom is -0.454 e. The number of carbonyl (C=O) groups excluding carboxylic acids is 2. The van der Waals surface area contributed by atoms with Crippen LogP contribution in [0.3, 0.4) is 0 Å². The van der Waals surface area contributed by atoms with Crippen molar-refractivity contribution in [3.63, 3.8) is 0 Å². The summed E-state index contributed by atoms with van der Waals surface area (Å²) >= 11 is 0. The molecule has 156 valence electrons. The first-order valence-electron chi connectivity index (χ1n) is 10.8. The second-order valence-corrected chi connectivity index (χ2v) is 8.24. The summed E-state index contributed by atoms with van der Waals surface area (Å²) in [5.41, 5.74) is 2.41. The van der Waals surface area contributed by atoms with Crippen LogP contribution in [-0.2, 0) is 0 Å². The molecule has 0 N–H and O–H groups in total. The Morgan fingerprint density at radius 1 is 0.833 bits per heavy atom. The molecule has 0 spiro atoms. The number of hydrogen-bond donors (Lipinski definition) is 0. The van der Waals surface area contributed by atoms with E-state index in [0.717, 1.165) is 56.8 Å². The van der Waals surface area contributed by atoms with Crippen LogP contribution in [-0.4, -0.2) is 54.6 Å². The predicted molar refractivity (Wildman–Crippen MR) is 112 cm³/mol. The van der Waals surface area contributed by atoms with E-state index >= 15 is 0 Å². The van der Waals surface area contributed by atoms with Gasteiger partial charge in [0, 0.05) is 6.54 Å². The molecule has 0 bridgehead atoms. The van der Waals surface area contributed by atoms with Gasteiger partial charge in [-0.2, -0.15) is 0 Å². The average Bonchev–Trinajstić information content (AvgIpc) is 3.35. The second-order valence-electron chi connectivity index (χ2n) is 8.24. The van der Waals surface area contributed by atoms with Crippen LogP contribution in [0.5, 0.6) is 11.5 Å². The highest BCUT2D eigenvalue weighted by atomic mass is 16.7. The predicted octanol–water partition coefficient (Wildman–Crippen LogP) is 3.67. The summed E-state index contributed by atoms with van der Waals surface area (Å²) in [6, 6.07) is 13.4. The van der Waals surface area contributed by atoms with Crippen LogP contribution < -0.4 is 9.47 Å². The van der Waals surface area contributed by atoms with Crippen LogP contribution in [0.4, 0.5) is 0 Å². The summed E-state index contributed by atoms with van der Waals surface area (Å²) in [7, 11) is 0. The first-order valence-corrected chi connectivity index (χ1v) is 10.8. The molecule has 2 amide bonds. The zero-order valence-electron chi connectivity index (χ0n) is 17.0. The highest BCUT2D eigenvalue weighted by molar-refractivity contribution is 6.21. The van der Waals surface area contributed by atoms with Gasteiger partial charge in [-0.15, -0.1) is 0 Å². The van der Waals surface area contributed by atoms with Crippen molar-refractivity contribution in [1.29, 1.82) is 0 Å². The Hall–Kier alpha value is -2.86. The number of imide groups is 1. The van der Waals surface area contributed by atoms with E-state index in [9.17, 15) is 9.59 Å². The van der Waals surface area contributed by atoms with Gasteiger partial charge in [-0.3, -0.25) is 14.5 Å². The highest BCUT2D eigenvalue weighted by Crippen LogP contribution is 2.37. The Morgan fingerprint density at radius 2 is 1.50 bits per heavy atom. The molecule has 2 aromatic carbocycles. The molecule has 3 aliphatic rings. The monoisotopic (exact) mass is 406 g/mol. The van der Waals surface area contributed by atoms with Gasteiger partial charge in [0.15, 0.2) is 11.5 Å². The first-order chi connectivity index (χ1) is 14.7. The van der Waals surface area contributed by atoms with Gasteiger partial charge in [0.25, 0.3) is 11.8 Å². The summed E-state index contributed by atoms with van der Waals surface area (Å²) in [6.45, 7) is 3.98. The molecule has 0 aliphatic carbocycles. The van der Waals surface area contributed by atoms with E-state index < -0.39 is 0 Å². The van der Waals surface area contributed by atoms with Crippen molar-refractivity contribution in [3.05, 3.63) is 59.2 Å². The second kappa shape index (κ2) is 8.11. The number of carbonyl (C=O) groups is 2.